The van der Waals surface area contributed by atoms with Crippen molar-refractivity contribution in [3.63, 3.8) is 0 Å². The average molecular weight is 617 g/mol. The van der Waals surface area contributed by atoms with Crippen LogP contribution in [0.1, 0.15) is 20.7 Å². The molecule has 4 aromatic carbocycles. The number of hydrogen-bond acceptors (Lipinski definition) is 7. The molecule has 0 aliphatic carbocycles. The van der Waals surface area contributed by atoms with Crippen LogP contribution in [0.25, 0.3) is 11.1 Å². The molecular formula is C33H36N4O6S. The summed E-state index contributed by atoms with van der Waals surface area (Å²) < 4.78 is 40.6. The zero-order valence-electron chi connectivity index (χ0n) is 25.3. The molecule has 2 N–H and O–H groups in total. The Balaban J connectivity index is 1.49. The fraction of sp³-hybridized carbons (Fsp3) is 0.212. The van der Waals surface area contributed by atoms with Crippen LogP contribution in [0.5, 0.6) is 11.5 Å². The van der Waals surface area contributed by atoms with Gasteiger partial charge in [-0.1, -0.05) is 36.4 Å². The molecule has 0 saturated heterocycles. The smallest absolute Gasteiger partial charge is 0.265 e. The molecule has 0 fully saturated rings. The predicted octanol–water partition coefficient (Wildman–Crippen LogP) is 4.74. The standard InChI is InChI=1S/C33H36N4O6S/c1-36(2)33(39)25-11-8-10-23(20-25)24-16-17-30(43-5)31(21-24)44(40,41)35-26-12-9-13-27(22-26)37(3)19-18-34-32(38)28-14-6-7-15-29(28)42-4/h6-17,20-22,35H,18-19H2,1-5H3,(H,34,38). The number of nitrogens with one attached hydrogen (secondary N) is 2. The molecule has 4 aromatic rings. The summed E-state index contributed by atoms with van der Waals surface area (Å²) in [5.74, 6) is 0.275. The lowest BCUT2D eigenvalue weighted by Gasteiger charge is -2.21. The van der Waals surface area contributed by atoms with Gasteiger partial charge in [-0.3, -0.25) is 14.3 Å². The van der Waals surface area contributed by atoms with E-state index < -0.39 is 10.0 Å². The topological polar surface area (TPSA) is 117 Å². The predicted molar refractivity (Wildman–Crippen MR) is 172 cm³/mol. The van der Waals surface area contributed by atoms with Crippen molar-refractivity contribution in [1.82, 2.24) is 10.2 Å². The number of carbonyl (C=O) groups excluding carboxylic acids is 2. The molecule has 230 valence electrons. The van der Waals surface area contributed by atoms with E-state index in [4.69, 9.17) is 9.47 Å². The van der Waals surface area contributed by atoms with E-state index >= 15 is 0 Å². The number of para-hydroxylation sites is 1. The van der Waals surface area contributed by atoms with Crippen LogP contribution < -0.4 is 24.4 Å². The minimum atomic E-state index is -4.07. The van der Waals surface area contributed by atoms with Crippen LogP contribution in [0.4, 0.5) is 11.4 Å². The Morgan fingerprint density at radius 3 is 2.20 bits per heavy atom. The fourth-order valence-corrected chi connectivity index (χ4v) is 5.81. The van der Waals surface area contributed by atoms with Gasteiger partial charge in [0.1, 0.15) is 16.4 Å². The molecule has 0 aliphatic heterocycles. The normalized spacial score (nSPS) is 10.9. The Kier molecular flexibility index (Phi) is 10.1. The van der Waals surface area contributed by atoms with Crippen molar-refractivity contribution in [3.8, 4) is 22.6 Å². The first-order valence-electron chi connectivity index (χ1n) is 13.8. The quantitative estimate of drug-likeness (QED) is 0.236. The molecule has 10 nitrogen and oxygen atoms in total. The molecule has 0 spiro atoms. The lowest BCUT2D eigenvalue weighted by Crippen LogP contribution is -2.33. The number of amides is 2. The number of ether oxygens (including phenoxy) is 2. The van der Waals surface area contributed by atoms with Crippen molar-refractivity contribution in [2.45, 2.75) is 4.90 Å². The molecule has 0 bridgehead atoms. The molecule has 0 aliphatic rings. The Hall–Kier alpha value is -5.03. The van der Waals surface area contributed by atoms with Gasteiger partial charge in [-0.25, -0.2) is 8.42 Å². The minimum absolute atomic E-state index is 0.0420. The minimum Gasteiger partial charge on any atom is -0.496 e. The Bertz CT molecular complexity index is 1760. The number of benzene rings is 4. The van der Waals surface area contributed by atoms with Gasteiger partial charge in [-0.2, -0.15) is 0 Å². The molecule has 0 atom stereocenters. The molecule has 4 rings (SSSR count). The Morgan fingerprint density at radius 2 is 1.48 bits per heavy atom. The summed E-state index contributed by atoms with van der Waals surface area (Å²) in [5, 5.41) is 2.89. The van der Waals surface area contributed by atoms with Gasteiger partial charge in [-0.05, 0) is 65.7 Å². The maximum Gasteiger partial charge on any atom is 0.265 e. The lowest BCUT2D eigenvalue weighted by atomic mass is 10.0. The molecule has 44 heavy (non-hydrogen) atoms. The lowest BCUT2D eigenvalue weighted by molar-refractivity contribution is 0.0827. The number of carbonyl (C=O) groups is 2. The number of likely N-dealkylation sites (N-methyl/N-ethyl adjacent to an activating group) is 1. The van der Waals surface area contributed by atoms with Crippen LogP contribution in [-0.2, 0) is 10.0 Å². The van der Waals surface area contributed by atoms with E-state index in [9.17, 15) is 18.0 Å². The molecule has 0 unspecified atom stereocenters. The summed E-state index contributed by atoms with van der Waals surface area (Å²) in [7, 11) is 4.05. The largest absolute Gasteiger partial charge is 0.496 e. The number of rotatable bonds is 12. The maximum atomic E-state index is 13.6. The van der Waals surface area contributed by atoms with Crippen LogP contribution in [0.3, 0.4) is 0 Å². The summed E-state index contributed by atoms with van der Waals surface area (Å²) in [6.45, 7) is 0.830. The first kappa shape index (κ1) is 31.9. The zero-order valence-corrected chi connectivity index (χ0v) is 26.1. The number of sulfonamides is 1. The van der Waals surface area contributed by atoms with Crippen molar-refractivity contribution in [1.29, 1.82) is 0 Å². The summed E-state index contributed by atoms with van der Waals surface area (Å²) >= 11 is 0. The van der Waals surface area contributed by atoms with Crippen LogP contribution in [-0.4, -0.2) is 73.6 Å². The van der Waals surface area contributed by atoms with Crippen molar-refractivity contribution in [3.05, 3.63) is 102 Å². The third-order valence-electron chi connectivity index (χ3n) is 6.93. The van der Waals surface area contributed by atoms with Crippen molar-refractivity contribution in [2.75, 3.05) is 58.1 Å². The SMILES string of the molecule is COc1ccccc1C(=O)NCCN(C)c1cccc(NS(=O)(=O)c2cc(-c3cccc(C(=O)N(C)C)c3)ccc2OC)c1. The molecule has 0 aromatic heterocycles. The third kappa shape index (κ3) is 7.48. The summed E-state index contributed by atoms with van der Waals surface area (Å²) in [4.78, 5) is 28.4. The molecule has 2 amide bonds. The van der Waals surface area contributed by atoms with E-state index in [0.29, 0.717) is 46.8 Å². The second-order valence-corrected chi connectivity index (χ2v) is 11.8. The monoisotopic (exact) mass is 616 g/mol. The van der Waals surface area contributed by atoms with Gasteiger partial charge in [0.05, 0.1) is 25.5 Å². The summed E-state index contributed by atoms with van der Waals surface area (Å²) in [6.07, 6.45) is 0. The van der Waals surface area contributed by atoms with Gasteiger partial charge in [0.25, 0.3) is 21.8 Å². The second-order valence-electron chi connectivity index (χ2n) is 10.2. The molecule has 0 saturated carbocycles. The van der Waals surface area contributed by atoms with Crippen molar-refractivity contribution >= 4 is 33.2 Å². The highest BCUT2D eigenvalue weighted by Gasteiger charge is 2.22. The third-order valence-corrected chi connectivity index (χ3v) is 8.33. The van der Waals surface area contributed by atoms with Gasteiger partial charge in [0, 0.05) is 45.5 Å². The van der Waals surface area contributed by atoms with Gasteiger partial charge in [0.2, 0.25) is 0 Å². The molecule has 0 radical (unpaired) electrons. The first-order chi connectivity index (χ1) is 21.0. The highest BCUT2D eigenvalue weighted by molar-refractivity contribution is 7.92. The fourth-order valence-electron chi connectivity index (χ4n) is 4.57. The molecule has 0 heterocycles. The number of anilines is 2. The highest BCUT2D eigenvalue weighted by Crippen LogP contribution is 2.32. The summed E-state index contributed by atoms with van der Waals surface area (Å²) in [6, 6.07) is 25.8. The number of methoxy groups -OCH3 is 2. The number of nitrogens with zero attached hydrogens (tertiary/aromatic N) is 2. The maximum absolute atomic E-state index is 13.6. The zero-order chi connectivity index (χ0) is 31.9. The van der Waals surface area contributed by atoms with Crippen LogP contribution >= 0.6 is 0 Å². The first-order valence-corrected chi connectivity index (χ1v) is 15.3. The highest BCUT2D eigenvalue weighted by atomic mass is 32.2. The Morgan fingerprint density at radius 1 is 0.773 bits per heavy atom. The van der Waals surface area contributed by atoms with E-state index in [1.165, 1.54) is 25.2 Å². The summed E-state index contributed by atoms with van der Waals surface area (Å²) in [5.41, 5.74) is 3.36. The van der Waals surface area contributed by atoms with E-state index in [-0.39, 0.29) is 22.5 Å². The van der Waals surface area contributed by atoms with Gasteiger partial charge in [-0.15, -0.1) is 0 Å². The van der Waals surface area contributed by atoms with E-state index in [1.54, 1.807) is 86.9 Å². The van der Waals surface area contributed by atoms with Crippen LogP contribution in [0.15, 0.2) is 95.9 Å². The Labute approximate surface area is 258 Å². The van der Waals surface area contributed by atoms with Gasteiger partial charge in [0.15, 0.2) is 0 Å². The van der Waals surface area contributed by atoms with Crippen LogP contribution in [0.2, 0.25) is 0 Å². The molecular weight excluding hydrogens is 580 g/mol. The van der Waals surface area contributed by atoms with E-state index in [2.05, 4.69) is 10.0 Å². The van der Waals surface area contributed by atoms with Crippen LogP contribution in [0, 0.1) is 0 Å². The van der Waals surface area contributed by atoms with E-state index in [1.807, 2.05) is 24.1 Å². The molecule has 11 heteroatoms. The second kappa shape index (κ2) is 14.0. The van der Waals surface area contributed by atoms with Gasteiger partial charge < -0.3 is 24.6 Å². The van der Waals surface area contributed by atoms with Crippen molar-refractivity contribution in [2.24, 2.45) is 0 Å². The van der Waals surface area contributed by atoms with E-state index in [0.717, 1.165) is 5.69 Å². The number of hydrogen-bond donors (Lipinski definition) is 2. The van der Waals surface area contributed by atoms with Gasteiger partial charge >= 0.3 is 0 Å². The van der Waals surface area contributed by atoms with Crippen molar-refractivity contribution < 1.29 is 27.5 Å². The average Bonchev–Trinajstić information content (AvgIpc) is 3.03.